The van der Waals surface area contributed by atoms with Crippen LogP contribution in [0.2, 0.25) is 0 Å². The van der Waals surface area contributed by atoms with Crippen molar-refractivity contribution in [1.29, 1.82) is 0 Å². The van der Waals surface area contributed by atoms with E-state index in [2.05, 4.69) is 13.8 Å². The zero-order chi connectivity index (χ0) is 14.4. The molecule has 0 aromatic carbocycles. The third-order valence-corrected chi connectivity index (χ3v) is 2.24. The van der Waals surface area contributed by atoms with E-state index in [-0.39, 0.29) is 12.7 Å². The summed E-state index contributed by atoms with van der Waals surface area (Å²) in [7, 11) is 0. The van der Waals surface area contributed by atoms with E-state index in [0.717, 1.165) is 12.0 Å². The van der Waals surface area contributed by atoms with Crippen LogP contribution in [-0.4, -0.2) is 23.9 Å². The van der Waals surface area contributed by atoms with Crippen LogP contribution in [-0.2, 0) is 4.74 Å². The molecule has 1 heterocycles. The summed E-state index contributed by atoms with van der Waals surface area (Å²) in [5.74, 6) is 0. The fourth-order valence-electron chi connectivity index (χ4n) is 1.65. The monoisotopic (exact) mass is 246 g/mol. The van der Waals surface area contributed by atoms with E-state index < -0.39 is 0 Å². The van der Waals surface area contributed by atoms with Crippen LogP contribution < -0.4 is 0 Å². The second kappa shape index (κ2) is 15.7. The molecule has 2 atom stereocenters. The van der Waals surface area contributed by atoms with Gasteiger partial charge in [0.05, 0.1) is 18.8 Å². The predicted molar refractivity (Wildman–Crippen MR) is 78.5 cm³/mol. The first-order valence-corrected chi connectivity index (χ1v) is 7.10. The van der Waals surface area contributed by atoms with Crippen molar-refractivity contribution in [3.05, 3.63) is 11.1 Å². The van der Waals surface area contributed by atoms with Crippen molar-refractivity contribution in [1.82, 2.24) is 0 Å². The lowest BCUT2D eigenvalue weighted by molar-refractivity contribution is 0.0106. The van der Waals surface area contributed by atoms with Crippen LogP contribution in [0.3, 0.4) is 0 Å². The van der Waals surface area contributed by atoms with Crippen molar-refractivity contribution < 1.29 is 9.84 Å². The Morgan fingerprint density at radius 2 is 1.47 bits per heavy atom. The summed E-state index contributed by atoms with van der Waals surface area (Å²) < 4.78 is 5.54. The average Bonchev–Trinajstić information content (AvgIpc) is 2.36. The molecule has 17 heavy (non-hydrogen) atoms. The second-order valence-electron chi connectivity index (χ2n) is 3.26. The van der Waals surface area contributed by atoms with E-state index in [1.54, 1.807) is 0 Å². The third-order valence-electron chi connectivity index (χ3n) is 2.24. The van der Waals surface area contributed by atoms with Crippen molar-refractivity contribution >= 4 is 0 Å². The lowest BCUT2D eigenvalue weighted by Crippen LogP contribution is -2.27. The van der Waals surface area contributed by atoms with Gasteiger partial charge >= 0.3 is 0 Å². The largest absolute Gasteiger partial charge is 0.392 e. The first-order chi connectivity index (χ1) is 8.15. The summed E-state index contributed by atoms with van der Waals surface area (Å²) in [6.07, 6.45) is 1.37. The van der Waals surface area contributed by atoms with E-state index in [1.165, 1.54) is 5.57 Å². The Hall–Kier alpha value is -0.340. The number of aliphatic hydroxyl groups excluding tert-OH is 1. The van der Waals surface area contributed by atoms with Crippen LogP contribution in [0.1, 0.15) is 68.7 Å². The number of hydrogen-bond donors (Lipinski definition) is 1. The van der Waals surface area contributed by atoms with Gasteiger partial charge in [-0.2, -0.15) is 0 Å². The zero-order valence-corrected chi connectivity index (χ0v) is 13.4. The number of hydrogen-bond acceptors (Lipinski definition) is 2. The highest BCUT2D eigenvalue weighted by Gasteiger charge is 2.21. The molecular weight excluding hydrogens is 212 g/mol. The van der Waals surface area contributed by atoms with Crippen LogP contribution in [0.25, 0.3) is 0 Å². The summed E-state index contributed by atoms with van der Waals surface area (Å²) in [5.41, 5.74) is 2.35. The molecule has 0 aromatic rings. The lowest BCUT2D eigenvalue weighted by atomic mass is 9.97. The minimum atomic E-state index is 0.101. The van der Waals surface area contributed by atoms with Gasteiger partial charge in [0.1, 0.15) is 0 Å². The molecule has 0 fully saturated rings. The first-order valence-electron chi connectivity index (χ1n) is 7.10. The molecule has 2 unspecified atom stereocenters. The molecule has 1 aliphatic heterocycles. The summed E-state index contributed by atoms with van der Waals surface area (Å²) in [4.78, 5) is 0. The van der Waals surface area contributed by atoms with E-state index in [9.17, 15) is 0 Å². The Morgan fingerprint density at radius 3 is 1.76 bits per heavy atom. The molecule has 0 radical (unpaired) electrons. The normalized spacial score (nSPS) is 22.2. The molecule has 1 aliphatic rings. The zero-order valence-electron chi connectivity index (χ0n) is 13.4. The third kappa shape index (κ3) is 9.37. The minimum absolute atomic E-state index is 0.101. The molecule has 0 amide bonds. The van der Waals surface area contributed by atoms with Crippen molar-refractivity contribution in [2.75, 3.05) is 6.61 Å². The minimum Gasteiger partial charge on any atom is -0.392 e. The highest BCUT2D eigenvalue weighted by atomic mass is 16.5. The molecule has 0 aliphatic carbocycles. The van der Waals surface area contributed by atoms with Crippen molar-refractivity contribution in [2.24, 2.45) is 0 Å². The maximum absolute atomic E-state index is 8.98. The van der Waals surface area contributed by atoms with Gasteiger partial charge in [0.15, 0.2) is 0 Å². The molecule has 0 saturated carbocycles. The highest BCUT2D eigenvalue weighted by molar-refractivity contribution is 5.19. The number of aliphatic hydroxyl groups is 1. The molecule has 0 aromatic heterocycles. The number of ether oxygens (including phenoxy) is 1. The van der Waals surface area contributed by atoms with Gasteiger partial charge in [-0.05, 0) is 32.8 Å². The summed E-state index contributed by atoms with van der Waals surface area (Å²) in [6, 6.07) is 0. The molecule has 2 nitrogen and oxygen atoms in total. The molecule has 0 saturated heterocycles. The van der Waals surface area contributed by atoms with Crippen LogP contribution >= 0.6 is 0 Å². The van der Waals surface area contributed by atoms with Gasteiger partial charge in [-0.1, -0.05) is 47.1 Å². The molecule has 1 rings (SSSR count). The highest BCUT2D eigenvalue weighted by Crippen LogP contribution is 2.24. The SMILES string of the molecule is CC.CC.CC.CC1=C(CO)C(C)OC(C)C1. The fraction of sp³-hybridized carbons (Fsp3) is 0.867. The van der Waals surface area contributed by atoms with Crippen LogP contribution in [0, 0.1) is 0 Å². The molecule has 0 spiro atoms. The standard InChI is InChI=1S/C9H16O2.3C2H6/c1-6-4-7(2)11-8(3)9(6)5-10;3*1-2/h7-8,10H,4-5H2,1-3H3;3*1-2H3. The van der Waals surface area contributed by atoms with Crippen LogP contribution in [0.4, 0.5) is 0 Å². The Morgan fingerprint density at radius 1 is 1.06 bits per heavy atom. The first kappa shape index (κ1) is 21.9. The molecule has 2 heteroatoms. The van der Waals surface area contributed by atoms with Crippen molar-refractivity contribution in [2.45, 2.75) is 80.9 Å². The predicted octanol–water partition coefficient (Wildman–Crippen LogP) is 4.57. The van der Waals surface area contributed by atoms with Gasteiger partial charge in [0, 0.05) is 0 Å². The van der Waals surface area contributed by atoms with Crippen LogP contribution in [0.15, 0.2) is 11.1 Å². The van der Waals surface area contributed by atoms with E-state index in [1.807, 2.05) is 48.5 Å². The Balaban J connectivity index is -0.000000285. The fourth-order valence-corrected chi connectivity index (χ4v) is 1.65. The van der Waals surface area contributed by atoms with E-state index in [4.69, 9.17) is 9.84 Å². The van der Waals surface area contributed by atoms with Gasteiger partial charge < -0.3 is 9.84 Å². The van der Waals surface area contributed by atoms with Crippen molar-refractivity contribution in [3.8, 4) is 0 Å². The van der Waals surface area contributed by atoms with Gasteiger partial charge in [0.25, 0.3) is 0 Å². The van der Waals surface area contributed by atoms with Crippen molar-refractivity contribution in [3.63, 3.8) is 0 Å². The number of rotatable bonds is 1. The van der Waals surface area contributed by atoms with Gasteiger partial charge in [-0.15, -0.1) is 0 Å². The van der Waals surface area contributed by atoms with Gasteiger partial charge in [-0.3, -0.25) is 0 Å². The molecule has 106 valence electrons. The van der Waals surface area contributed by atoms with Crippen LogP contribution in [0.5, 0.6) is 0 Å². The summed E-state index contributed by atoms with van der Waals surface area (Å²) in [6.45, 7) is 18.3. The smallest absolute Gasteiger partial charge is 0.0785 e. The van der Waals surface area contributed by atoms with Gasteiger partial charge in [0.2, 0.25) is 0 Å². The Bertz CT molecular complexity index is 174. The second-order valence-corrected chi connectivity index (χ2v) is 3.26. The Kier molecular flexibility index (Phi) is 20.2. The molecular formula is C15H34O2. The van der Waals surface area contributed by atoms with E-state index in [0.29, 0.717) is 6.10 Å². The maximum Gasteiger partial charge on any atom is 0.0785 e. The summed E-state index contributed by atoms with van der Waals surface area (Å²) >= 11 is 0. The summed E-state index contributed by atoms with van der Waals surface area (Å²) in [5, 5.41) is 8.98. The quantitative estimate of drug-likeness (QED) is 0.687. The topological polar surface area (TPSA) is 29.5 Å². The molecule has 0 bridgehead atoms. The lowest BCUT2D eigenvalue weighted by Gasteiger charge is -2.28. The molecule has 1 N–H and O–H groups in total. The van der Waals surface area contributed by atoms with Gasteiger partial charge in [-0.25, -0.2) is 0 Å². The maximum atomic E-state index is 8.98. The Labute approximate surface area is 109 Å². The average molecular weight is 246 g/mol. The van der Waals surface area contributed by atoms with E-state index >= 15 is 0 Å².